The van der Waals surface area contributed by atoms with Crippen molar-refractivity contribution in [2.75, 3.05) is 19.7 Å². The Morgan fingerprint density at radius 3 is 2.62 bits per heavy atom. The van der Waals surface area contributed by atoms with Gasteiger partial charge in [-0.25, -0.2) is 0 Å². The van der Waals surface area contributed by atoms with Crippen LogP contribution in [0.15, 0.2) is 28.7 Å². The lowest BCUT2D eigenvalue weighted by Crippen LogP contribution is -2.30. The quantitative estimate of drug-likeness (QED) is 0.925. The Hall–Kier alpha value is -0.250. The smallest absolute Gasteiger partial charge is 0.133 e. The van der Waals surface area contributed by atoms with Gasteiger partial charge in [0.15, 0.2) is 0 Å². The minimum Gasteiger partial charge on any atom is -0.492 e. The fourth-order valence-corrected chi connectivity index (χ4v) is 2.22. The minimum absolute atomic E-state index is 0. The minimum atomic E-state index is 0. The highest BCUT2D eigenvalue weighted by Crippen LogP contribution is 2.25. The molecule has 0 saturated carbocycles. The third-order valence-electron chi connectivity index (χ3n) is 2.77. The first-order valence-corrected chi connectivity index (χ1v) is 6.23. The normalized spacial score (nSPS) is 16.6. The van der Waals surface area contributed by atoms with E-state index in [1.165, 1.54) is 12.8 Å². The molecule has 1 fully saturated rings. The Bertz CT molecular complexity index is 316. The monoisotopic (exact) mass is 305 g/mol. The molecular weight excluding hydrogens is 289 g/mol. The average molecular weight is 307 g/mol. The van der Waals surface area contributed by atoms with E-state index in [4.69, 9.17) is 4.74 Å². The molecule has 2 rings (SSSR count). The number of piperidine rings is 1. The van der Waals surface area contributed by atoms with Gasteiger partial charge in [0.2, 0.25) is 0 Å². The van der Waals surface area contributed by atoms with Crippen LogP contribution in [0.5, 0.6) is 5.75 Å². The molecule has 1 N–H and O–H groups in total. The van der Waals surface area contributed by atoms with Gasteiger partial charge in [0.05, 0.1) is 11.1 Å². The van der Waals surface area contributed by atoms with Gasteiger partial charge in [-0.3, -0.25) is 0 Å². The largest absolute Gasteiger partial charge is 0.492 e. The molecule has 1 aromatic rings. The van der Waals surface area contributed by atoms with Crippen molar-refractivity contribution in [3.8, 4) is 5.75 Å². The summed E-state index contributed by atoms with van der Waals surface area (Å²) in [6.07, 6.45) is 2.45. The molecule has 0 aliphatic carbocycles. The number of nitrogens with one attached hydrogen (secondary N) is 1. The molecule has 90 valence electrons. The number of hydrogen-bond acceptors (Lipinski definition) is 2. The van der Waals surface area contributed by atoms with Crippen molar-refractivity contribution < 1.29 is 4.74 Å². The van der Waals surface area contributed by atoms with Gasteiger partial charge in [0.25, 0.3) is 0 Å². The maximum Gasteiger partial charge on any atom is 0.133 e. The lowest BCUT2D eigenvalue weighted by Gasteiger charge is -2.22. The predicted molar refractivity (Wildman–Crippen MR) is 72.5 cm³/mol. The Balaban J connectivity index is 0.00000128. The van der Waals surface area contributed by atoms with Gasteiger partial charge >= 0.3 is 0 Å². The van der Waals surface area contributed by atoms with Crippen molar-refractivity contribution in [3.63, 3.8) is 0 Å². The molecule has 16 heavy (non-hydrogen) atoms. The van der Waals surface area contributed by atoms with E-state index in [2.05, 4.69) is 21.2 Å². The fraction of sp³-hybridized carbons (Fsp3) is 0.500. The summed E-state index contributed by atoms with van der Waals surface area (Å²) in [7, 11) is 0. The summed E-state index contributed by atoms with van der Waals surface area (Å²) in [6, 6.07) is 8.02. The van der Waals surface area contributed by atoms with Gasteiger partial charge in [-0.1, -0.05) is 12.1 Å². The first-order valence-electron chi connectivity index (χ1n) is 5.44. The molecule has 0 radical (unpaired) electrons. The zero-order valence-corrected chi connectivity index (χ0v) is 11.5. The van der Waals surface area contributed by atoms with Crippen LogP contribution in [0.1, 0.15) is 12.8 Å². The van der Waals surface area contributed by atoms with Crippen LogP contribution in [0.25, 0.3) is 0 Å². The zero-order valence-electron chi connectivity index (χ0n) is 9.12. The Morgan fingerprint density at radius 2 is 1.94 bits per heavy atom. The van der Waals surface area contributed by atoms with E-state index in [-0.39, 0.29) is 12.4 Å². The Morgan fingerprint density at radius 1 is 1.25 bits per heavy atom. The first kappa shape index (κ1) is 13.8. The van der Waals surface area contributed by atoms with Gasteiger partial charge < -0.3 is 10.1 Å². The van der Waals surface area contributed by atoms with Crippen molar-refractivity contribution in [1.29, 1.82) is 0 Å². The van der Waals surface area contributed by atoms with E-state index in [0.717, 1.165) is 29.9 Å². The number of rotatable bonds is 3. The molecular formula is C12H17BrClNO. The third kappa shape index (κ3) is 3.96. The van der Waals surface area contributed by atoms with Crippen LogP contribution in [-0.2, 0) is 0 Å². The van der Waals surface area contributed by atoms with Crippen LogP contribution >= 0.6 is 28.3 Å². The summed E-state index contributed by atoms with van der Waals surface area (Å²) in [5, 5.41) is 3.36. The molecule has 0 aromatic heterocycles. The van der Waals surface area contributed by atoms with Gasteiger partial charge in [0.1, 0.15) is 5.75 Å². The highest BCUT2D eigenvalue weighted by atomic mass is 79.9. The molecule has 1 aromatic carbocycles. The van der Waals surface area contributed by atoms with Crippen LogP contribution in [0, 0.1) is 5.92 Å². The second-order valence-electron chi connectivity index (χ2n) is 3.93. The molecule has 1 aliphatic rings. The lowest BCUT2D eigenvalue weighted by atomic mass is 9.99. The Labute approximate surface area is 111 Å². The number of para-hydroxylation sites is 1. The van der Waals surface area contributed by atoms with Gasteiger partial charge in [-0.05, 0) is 59.9 Å². The van der Waals surface area contributed by atoms with Crippen LogP contribution < -0.4 is 10.1 Å². The third-order valence-corrected chi connectivity index (χ3v) is 3.43. The van der Waals surface area contributed by atoms with E-state index >= 15 is 0 Å². The van der Waals surface area contributed by atoms with E-state index in [0.29, 0.717) is 5.92 Å². The number of halogens is 2. The summed E-state index contributed by atoms with van der Waals surface area (Å²) in [4.78, 5) is 0. The van der Waals surface area contributed by atoms with Crippen molar-refractivity contribution in [2.45, 2.75) is 12.8 Å². The maximum absolute atomic E-state index is 5.80. The summed E-state index contributed by atoms with van der Waals surface area (Å²) in [6.45, 7) is 3.10. The first-order chi connectivity index (χ1) is 7.36. The molecule has 0 spiro atoms. The molecule has 0 amide bonds. The van der Waals surface area contributed by atoms with E-state index < -0.39 is 0 Å². The number of ether oxygens (including phenoxy) is 1. The van der Waals surface area contributed by atoms with E-state index in [1.54, 1.807) is 0 Å². The molecule has 2 nitrogen and oxygen atoms in total. The molecule has 1 heterocycles. The van der Waals surface area contributed by atoms with Gasteiger partial charge in [-0.15, -0.1) is 12.4 Å². The van der Waals surface area contributed by atoms with Crippen LogP contribution in [0.2, 0.25) is 0 Å². The zero-order chi connectivity index (χ0) is 10.5. The molecule has 4 heteroatoms. The fourth-order valence-electron chi connectivity index (χ4n) is 1.82. The number of benzene rings is 1. The van der Waals surface area contributed by atoms with Crippen molar-refractivity contribution in [1.82, 2.24) is 5.32 Å². The molecule has 1 saturated heterocycles. The molecule has 0 unspecified atom stereocenters. The van der Waals surface area contributed by atoms with Crippen LogP contribution in [-0.4, -0.2) is 19.7 Å². The molecule has 1 aliphatic heterocycles. The SMILES string of the molecule is Brc1ccccc1OCC1CCNCC1.Cl. The van der Waals surface area contributed by atoms with Crippen molar-refractivity contribution >= 4 is 28.3 Å². The highest BCUT2D eigenvalue weighted by Gasteiger charge is 2.13. The second kappa shape index (κ2) is 7.15. The van der Waals surface area contributed by atoms with Crippen LogP contribution in [0.4, 0.5) is 0 Å². The predicted octanol–water partition coefficient (Wildman–Crippen LogP) is 3.25. The van der Waals surface area contributed by atoms with E-state index in [1.807, 2.05) is 24.3 Å². The molecule has 0 bridgehead atoms. The summed E-state index contributed by atoms with van der Waals surface area (Å²) in [5.41, 5.74) is 0. The topological polar surface area (TPSA) is 21.3 Å². The summed E-state index contributed by atoms with van der Waals surface area (Å²) in [5.74, 6) is 1.66. The lowest BCUT2D eigenvalue weighted by molar-refractivity contribution is 0.214. The highest BCUT2D eigenvalue weighted by molar-refractivity contribution is 9.10. The second-order valence-corrected chi connectivity index (χ2v) is 4.79. The van der Waals surface area contributed by atoms with E-state index in [9.17, 15) is 0 Å². The standard InChI is InChI=1S/C12H16BrNO.ClH/c13-11-3-1-2-4-12(11)15-9-10-5-7-14-8-6-10;/h1-4,10,14H,5-9H2;1H. The van der Waals surface area contributed by atoms with Crippen molar-refractivity contribution in [2.24, 2.45) is 5.92 Å². The summed E-state index contributed by atoms with van der Waals surface area (Å²) >= 11 is 3.48. The average Bonchev–Trinajstić information content (AvgIpc) is 2.29. The van der Waals surface area contributed by atoms with Gasteiger partial charge in [0, 0.05) is 0 Å². The summed E-state index contributed by atoms with van der Waals surface area (Å²) < 4.78 is 6.84. The Kier molecular flexibility index (Phi) is 6.17. The number of hydrogen-bond donors (Lipinski definition) is 1. The molecule has 0 atom stereocenters. The maximum atomic E-state index is 5.80. The van der Waals surface area contributed by atoms with Crippen LogP contribution in [0.3, 0.4) is 0 Å². The van der Waals surface area contributed by atoms with Crippen molar-refractivity contribution in [3.05, 3.63) is 28.7 Å². The van der Waals surface area contributed by atoms with Gasteiger partial charge in [-0.2, -0.15) is 0 Å².